The first-order chi connectivity index (χ1) is 16.5. The van der Waals surface area contributed by atoms with E-state index in [-0.39, 0.29) is 6.04 Å². The molecule has 34 heavy (non-hydrogen) atoms. The number of hydrogen-bond acceptors (Lipinski definition) is 3. The molecule has 2 heterocycles. The van der Waals surface area contributed by atoms with Gasteiger partial charge in [-0.2, -0.15) is 0 Å². The fraction of sp³-hybridized carbons (Fsp3) is 0.387. The van der Waals surface area contributed by atoms with Crippen molar-refractivity contribution >= 4 is 5.57 Å². The Hall–Kier alpha value is -2.91. The number of benzene rings is 2. The van der Waals surface area contributed by atoms with Crippen molar-refractivity contribution in [2.24, 2.45) is 0 Å². The predicted octanol–water partition coefficient (Wildman–Crippen LogP) is 6.85. The van der Waals surface area contributed by atoms with Gasteiger partial charge in [-0.25, -0.2) is 0 Å². The van der Waals surface area contributed by atoms with Crippen LogP contribution in [-0.4, -0.2) is 30.1 Å². The molecule has 1 aliphatic heterocycles. The lowest BCUT2D eigenvalue weighted by Gasteiger charge is -2.37. The first kappa shape index (κ1) is 22.9. The Bertz CT molecular complexity index is 1210. The van der Waals surface area contributed by atoms with Gasteiger partial charge in [-0.3, -0.25) is 9.88 Å². The summed E-state index contributed by atoms with van der Waals surface area (Å²) in [5.74, 6) is 1.03. The summed E-state index contributed by atoms with van der Waals surface area (Å²) in [4.78, 5) is 6.75. The van der Waals surface area contributed by atoms with E-state index in [1.165, 1.54) is 63.8 Å². The molecule has 1 aliphatic carbocycles. The van der Waals surface area contributed by atoms with Crippen LogP contribution in [0.1, 0.15) is 71.2 Å². The molecule has 1 aromatic heterocycles. The molecule has 0 spiro atoms. The zero-order valence-corrected chi connectivity index (χ0v) is 21.0. The van der Waals surface area contributed by atoms with Crippen molar-refractivity contribution in [3.05, 3.63) is 99.4 Å². The smallest absolute Gasteiger partial charge is 0.127 e. The Labute approximate surface area is 204 Å². The Morgan fingerprint density at radius 3 is 2.62 bits per heavy atom. The standard InChI is InChI=1S/C31H36N2O/c1-21-10-11-27(22(2)17-21)31-29-19-30(34-16-13-24-7-6-14-32-20-24)28(23(3)25-8-5-9-25)18-26(29)12-15-33(31)4/h6-7,10-11,14,17-20,31H,5,8-9,12-13,15-16H2,1-4H3. The summed E-state index contributed by atoms with van der Waals surface area (Å²) in [6.45, 7) is 8.44. The molecule has 3 heteroatoms. The minimum Gasteiger partial charge on any atom is -0.493 e. The predicted molar refractivity (Wildman–Crippen MR) is 140 cm³/mol. The average molecular weight is 453 g/mol. The molecular weight excluding hydrogens is 416 g/mol. The summed E-state index contributed by atoms with van der Waals surface area (Å²) in [5.41, 5.74) is 12.5. The number of pyridine rings is 1. The lowest BCUT2D eigenvalue weighted by molar-refractivity contribution is 0.261. The fourth-order valence-electron chi connectivity index (χ4n) is 5.47. The quantitative estimate of drug-likeness (QED) is 0.409. The number of aryl methyl sites for hydroxylation is 2. The Morgan fingerprint density at radius 1 is 1.06 bits per heavy atom. The van der Waals surface area contributed by atoms with Crippen LogP contribution in [0.2, 0.25) is 0 Å². The van der Waals surface area contributed by atoms with Crippen LogP contribution in [0.25, 0.3) is 5.57 Å². The molecular formula is C31H36N2O. The molecule has 0 amide bonds. The number of rotatable bonds is 6. The van der Waals surface area contributed by atoms with Gasteiger partial charge >= 0.3 is 0 Å². The number of aromatic nitrogens is 1. The SMILES string of the molecule is CC(=C1CCC1)c1cc2c(cc1OCCc1cccnc1)C(c1ccc(C)cc1C)N(C)CC2. The van der Waals surface area contributed by atoms with Gasteiger partial charge in [0.05, 0.1) is 12.6 Å². The molecule has 176 valence electrons. The van der Waals surface area contributed by atoms with Crippen molar-refractivity contribution in [3.63, 3.8) is 0 Å². The maximum absolute atomic E-state index is 6.54. The van der Waals surface area contributed by atoms with Crippen LogP contribution in [0.4, 0.5) is 0 Å². The van der Waals surface area contributed by atoms with E-state index in [2.05, 4.69) is 74.1 Å². The summed E-state index contributed by atoms with van der Waals surface area (Å²) >= 11 is 0. The van der Waals surface area contributed by atoms with Gasteiger partial charge in [-0.15, -0.1) is 0 Å². The van der Waals surface area contributed by atoms with Crippen molar-refractivity contribution in [3.8, 4) is 5.75 Å². The molecule has 1 saturated carbocycles. The fourth-order valence-corrected chi connectivity index (χ4v) is 5.47. The zero-order valence-electron chi connectivity index (χ0n) is 21.0. The van der Waals surface area contributed by atoms with Crippen molar-refractivity contribution < 1.29 is 4.74 Å². The van der Waals surface area contributed by atoms with E-state index in [9.17, 15) is 0 Å². The number of likely N-dealkylation sites (N-methyl/N-ethyl adjacent to an activating group) is 1. The van der Waals surface area contributed by atoms with E-state index in [4.69, 9.17) is 4.74 Å². The zero-order chi connectivity index (χ0) is 23.7. The lowest BCUT2D eigenvalue weighted by atomic mass is 9.82. The molecule has 1 fully saturated rings. The summed E-state index contributed by atoms with van der Waals surface area (Å²) in [5, 5.41) is 0. The maximum atomic E-state index is 6.54. The molecule has 3 nitrogen and oxygen atoms in total. The highest BCUT2D eigenvalue weighted by Crippen LogP contribution is 2.43. The molecule has 3 aromatic rings. The highest BCUT2D eigenvalue weighted by Gasteiger charge is 2.29. The van der Waals surface area contributed by atoms with Crippen LogP contribution in [0.5, 0.6) is 5.75 Å². The normalized spacial score (nSPS) is 17.8. The molecule has 2 aliphatic rings. The maximum Gasteiger partial charge on any atom is 0.127 e. The average Bonchev–Trinajstić information content (AvgIpc) is 2.79. The second kappa shape index (κ2) is 9.76. The van der Waals surface area contributed by atoms with Gasteiger partial charge in [-0.1, -0.05) is 35.4 Å². The van der Waals surface area contributed by atoms with Crippen LogP contribution >= 0.6 is 0 Å². The molecule has 0 radical (unpaired) electrons. The van der Waals surface area contributed by atoms with Gasteiger partial charge in [0, 0.05) is 30.9 Å². The van der Waals surface area contributed by atoms with Crippen LogP contribution in [0.3, 0.4) is 0 Å². The summed E-state index contributed by atoms with van der Waals surface area (Å²) < 4.78 is 6.54. The third-order valence-corrected chi connectivity index (χ3v) is 7.69. The van der Waals surface area contributed by atoms with Crippen LogP contribution < -0.4 is 4.74 Å². The van der Waals surface area contributed by atoms with Crippen molar-refractivity contribution in [2.45, 2.75) is 58.9 Å². The van der Waals surface area contributed by atoms with Gasteiger partial charge < -0.3 is 4.74 Å². The number of nitrogens with zero attached hydrogens (tertiary/aromatic N) is 2. The number of allylic oxidation sites excluding steroid dienone is 2. The summed E-state index contributed by atoms with van der Waals surface area (Å²) in [6.07, 6.45) is 9.47. The van der Waals surface area contributed by atoms with Gasteiger partial charge in [0.2, 0.25) is 0 Å². The van der Waals surface area contributed by atoms with Gasteiger partial charge in [0.15, 0.2) is 0 Å². The van der Waals surface area contributed by atoms with E-state index >= 15 is 0 Å². The van der Waals surface area contributed by atoms with E-state index in [1.807, 2.05) is 18.5 Å². The van der Waals surface area contributed by atoms with Crippen LogP contribution in [0.15, 0.2) is 60.4 Å². The van der Waals surface area contributed by atoms with Gasteiger partial charge in [0.1, 0.15) is 5.75 Å². The molecule has 1 atom stereocenters. The molecule has 1 unspecified atom stereocenters. The Balaban J connectivity index is 1.54. The first-order valence-electron chi connectivity index (χ1n) is 12.7. The Kier molecular flexibility index (Phi) is 6.56. The number of ether oxygens (including phenoxy) is 1. The van der Waals surface area contributed by atoms with Crippen molar-refractivity contribution in [1.29, 1.82) is 0 Å². The second-order valence-corrected chi connectivity index (χ2v) is 10.1. The Morgan fingerprint density at radius 2 is 1.91 bits per heavy atom. The topological polar surface area (TPSA) is 25.4 Å². The van der Waals surface area contributed by atoms with Gasteiger partial charge in [0.25, 0.3) is 0 Å². The van der Waals surface area contributed by atoms with E-state index in [0.29, 0.717) is 6.61 Å². The van der Waals surface area contributed by atoms with Crippen molar-refractivity contribution in [1.82, 2.24) is 9.88 Å². The molecule has 5 rings (SSSR count). The van der Waals surface area contributed by atoms with E-state index < -0.39 is 0 Å². The molecule has 2 aromatic carbocycles. The van der Waals surface area contributed by atoms with Crippen LogP contribution in [0, 0.1) is 13.8 Å². The minimum absolute atomic E-state index is 0.260. The highest BCUT2D eigenvalue weighted by molar-refractivity contribution is 5.74. The minimum atomic E-state index is 0.260. The molecule has 0 saturated heterocycles. The third-order valence-electron chi connectivity index (χ3n) is 7.69. The molecule has 0 N–H and O–H groups in total. The number of hydrogen-bond donors (Lipinski definition) is 0. The molecule has 0 bridgehead atoms. The van der Waals surface area contributed by atoms with Gasteiger partial charge in [-0.05, 0) is 105 Å². The lowest BCUT2D eigenvalue weighted by Crippen LogP contribution is -2.33. The van der Waals surface area contributed by atoms with Crippen molar-refractivity contribution in [2.75, 3.05) is 20.2 Å². The second-order valence-electron chi connectivity index (χ2n) is 10.1. The van der Waals surface area contributed by atoms with Crippen LogP contribution in [-0.2, 0) is 12.8 Å². The number of fused-ring (bicyclic) bond motifs is 1. The highest BCUT2D eigenvalue weighted by atomic mass is 16.5. The van der Waals surface area contributed by atoms with E-state index in [1.54, 1.807) is 5.57 Å². The largest absolute Gasteiger partial charge is 0.493 e. The first-order valence-corrected chi connectivity index (χ1v) is 12.7. The summed E-state index contributed by atoms with van der Waals surface area (Å²) in [6, 6.07) is 16.0. The summed E-state index contributed by atoms with van der Waals surface area (Å²) in [7, 11) is 2.26. The van der Waals surface area contributed by atoms with E-state index in [0.717, 1.165) is 25.1 Å². The third kappa shape index (κ3) is 4.54. The monoisotopic (exact) mass is 452 g/mol.